The van der Waals surface area contributed by atoms with Gasteiger partial charge in [-0.3, -0.25) is 9.78 Å². The van der Waals surface area contributed by atoms with E-state index in [1.165, 1.54) is 35.4 Å². The number of fused-ring (bicyclic) bond motifs is 1. The van der Waals surface area contributed by atoms with Gasteiger partial charge in [0.1, 0.15) is 17.7 Å². The Morgan fingerprint density at radius 1 is 1.43 bits per heavy atom. The van der Waals surface area contributed by atoms with Gasteiger partial charge in [0.15, 0.2) is 0 Å². The van der Waals surface area contributed by atoms with Crippen LogP contribution < -0.4 is 4.74 Å². The summed E-state index contributed by atoms with van der Waals surface area (Å²) in [5.41, 5.74) is 1.00. The van der Waals surface area contributed by atoms with E-state index < -0.39 is 18.1 Å². The van der Waals surface area contributed by atoms with Crippen molar-refractivity contribution in [1.82, 2.24) is 9.88 Å². The number of likely N-dealkylation sites (tertiary alicyclic amines) is 1. The fraction of sp³-hybridized carbons (Fsp3) is 0.440. The van der Waals surface area contributed by atoms with Gasteiger partial charge in [-0.1, -0.05) is 11.6 Å². The molecule has 1 N–H and O–H groups in total. The second-order valence-corrected chi connectivity index (χ2v) is 11.3. The van der Waals surface area contributed by atoms with Crippen molar-refractivity contribution in [3.63, 3.8) is 0 Å². The lowest BCUT2D eigenvalue weighted by Gasteiger charge is -2.36. The number of ether oxygens (including phenoxy) is 1. The molecule has 1 aliphatic rings. The Labute approximate surface area is 216 Å². The van der Waals surface area contributed by atoms with Crippen molar-refractivity contribution in [3.8, 4) is 5.75 Å². The third kappa shape index (κ3) is 6.25. The van der Waals surface area contributed by atoms with Gasteiger partial charge in [-0.05, 0) is 61.4 Å². The molecule has 0 radical (unpaired) electrons. The maximum atomic E-state index is 15.5. The molecule has 3 atom stereocenters. The maximum absolute atomic E-state index is 15.5. The topological polar surface area (TPSA) is 62.7 Å². The molecular weight excluding hydrogens is 514 g/mol. The van der Waals surface area contributed by atoms with Crippen LogP contribution in [0.5, 0.6) is 5.75 Å². The summed E-state index contributed by atoms with van der Waals surface area (Å²) in [5.74, 6) is -0.464. The zero-order valence-corrected chi connectivity index (χ0v) is 21.6. The number of methoxy groups -OCH3 is 1. The van der Waals surface area contributed by atoms with Gasteiger partial charge in [0.2, 0.25) is 0 Å². The van der Waals surface area contributed by atoms with Gasteiger partial charge in [-0.15, -0.1) is 23.1 Å². The van der Waals surface area contributed by atoms with Gasteiger partial charge in [0.25, 0.3) is 0 Å². The highest BCUT2D eigenvalue weighted by molar-refractivity contribution is 8.01. The molecule has 2 aromatic heterocycles. The summed E-state index contributed by atoms with van der Waals surface area (Å²) < 4.78 is 35.0. The molecule has 35 heavy (non-hydrogen) atoms. The molecule has 5 nitrogen and oxygen atoms in total. The first-order valence-electron chi connectivity index (χ1n) is 11.4. The first-order valence-corrected chi connectivity index (χ1v) is 13.7. The molecule has 0 aliphatic carbocycles. The van der Waals surface area contributed by atoms with E-state index in [0.717, 1.165) is 6.54 Å². The van der Waals surface area contributed by atoms with Crippen LogP contribution in [0.4, 0.5) is 8.78 Å². The minimum atomic E-state index is -1.34. The largest absolute Gasteiger partial charge is 0.497 e. The van der Waals surface area contributed by atoms with Crippen LogP contribution in [0.1, 0.15) is 31.0 Å². The van der Waals surface area contributed by atoms with Crippen LogP contribution in [0.15, 0.2) is 40.1 Å². The summed E-state index contributed by atoms with van der Waals surface area (Å²) in [5, 5.41) is 12.4. The Morgan fingerprint density at radius 3 is 2.97 bits per heavy atom. The highest BCUT2D eigenvalue weighted by Gasteiger charge is 2.34. The average molecular weight is 541 g/mol. The summed E-state index contributed by atoms with van der Waals surface area (Å²) in [4.78, 5) is 18.4. The number of aliphatic carboxylic acids is 1. The lowest BCUT2D eigenvalue weighted by Crippen LogP contribution is -2.44. The molecular formula is C25H27ClF2N2O3S2. The van der Waals surface area contributed by atoms with Gasteiger partial charge >= 0.3 is 5.97 Å². The van der Waals surface area contributed by atoms with E-state index in [1.807, 2.05) is 0 Å². The molecule has 4 rings (SSSR count). The molecule has 0 spiro atoms. The van der Waals surface area contributed by atoms with Gasteiger partial charge in [-0.25, -0.2) is 8.78 Å². The van der Waals surface area contributed by atoms with Crippen molar-refractivity contribution in [2.24, 2.45) is 11.8 Å². The molecule has 1 saturated heterocycles. The predicted molar refractivity (Wildman–Crippen MR) is 137 cm³/mol. The van der Waals surface area contributed by atoms with E-state index in [-0.39, 0.29) is 23.2 Å². The van der Waals surface area contributed by atoms with E-state index in [0.29, 0.717) is 58.1 Å². The molecule has 1 fully saturated rings. The third-order valence-electron chi connectivity index (χ3n) is 6.55. The molecule has 188 valence electrons. The number of carbonyl (C=O) groups is 1. The molecule has 0 amide bonds. The number of pyridine rings is 1. The predicted octanol–water partition coefficient (Wildman–Crippen LogP) is 6.70. The molecule has 1 aliphatic heterocycles. The molecule has 0 bridgehead atoms. The van der Waals surface area contributed by atoms with E-state index in [4.69, 9.17) is 16.3 Å². The molecule has 1 aromatic carbocycles. The SMILES string of the molecule is COc1ccc2ncc(Cl)c([C@@H](F)CC[C@H]3CCN(CCSc4sccc4F)C[C@H]3C(=O)O)c2c1. The zero-order valence-electron chi connectivity index (χ0n) is 19.3. The number of nitrogens with zero attached hydrogens (tertiary/aromatic N) is 2. The number of thiophene rings is 1. The maximum Gasteiger partial charge on any atom is 0.308 e. The first-order chi connectivity index (χ1) is 16.9. The summed E-state index contributed by atoms with van der Waals surface area (Å²) in [7, 11) is 1.54. The van der Waals surface area contributed by atoms with E-state index in [9.17, 15) is 14.3 Å². The standard InChI is InChI=1S/C25H27ClF2N2O3S2/c1-33-16-3-5-22-17(12-16)23(19(26)13-29-22)20(27)4-2-15-6-8-30(14-18(15)24(31)32)9-11-35-25-21(28)7-10-34-25/h3,5,7,10,12-13,15,18,20H,2,4,6,8-9,11,14H2,1H3,(H,31,32)/t15-,18+,20-/m0/s1. The number of piperidine rings is 1. The molecule has 10 heteroatoms. The zero-order chi connectivity index (χ0) is 24.9. The van der Waals surface area contributed by atoms with Gasteiger partial charge < -0.3 is 14.7 Å². The fourth-order valence-corrected chi connectivity index (χ4v) is 6.86. The minimum Gasteiger partial charge on any atom is -0.497 e. The first kappa shape index (κ1) is 26.1. The molecule has 3 aromatic rings. The summed E-state index contributed by atoms with van der Waals surface area (Å²) >= 11 is 9.16. The van der Waals surface area contributed by atoms with Crippen molar-refractivity contribution in [2.45, 2.75) is 29.6 Å². The number of hydrogen-bond donors (Lipinski definition) is 1. The second kappa shape index (κ2) is 11.9. The van der Waals surface area contributed by atoms with E-state index in [2.05, 4.69) is 9.88 Å². The number of alkyl halides is 1. The van der Waals surface area contributed by atoms with Crippen LogP contribution in [0.25, 0.3) is 10.9 Å². The number of benzene rings is 1. The minimum absolute atomic E-state index is 0.120. The van der Waals surface area contributed by atoms with Crippen molar-refractivity contribution >= 4 is 51.6 Å². The van der Waals surface area contributed by atoms with Crippen LogP contribution in [-0.4, -0.2) is 53.5 Å². The Kier molecular flexibility index (Phi) is 8.86. The van der Waals surface area contributed by atoms with Crippen molar-refractivity contribution in [2.75, 3.05) is 32.5 Å². The van der Waals surface area contributed by atoms with Crippen LogP contribution in [0.3, 0.4) is 0 Å². The van der Waals surface area contributed by atoms with Crippen molar-refractivity contribution in [3.05, 3.63) is 52.2 Å². The Bertz CT molecular complexity index is 1180. The summed E-state index contributed by atoms with van der Waals surface area (Å²) in [6.45, 7) is 1.85. The normalized spacial score (nSPS) is 19.7. The van der Waals surface area contributed by atoms with Crippen LogP contribution >= 0.6 is 34.7 Å². The monoisotopic (exact) mass is 540 g/mol. The second-order valence-electron chi connectivity index (χ2n) is 8.65. The Morgan fingerprint density at radius 2 is 2.26 bits per heavy atom. The van der Waals surface area contributed by atoms with Crippen LogP contribution in [-0.2, 0) is 4.79 Å². The highest BCUT2D eigenvalue weighted by atomic mass is 35.5. The summed E-state index contributed by atoms with van der Waals surface area (Å²) in [6.07, 6.45) is 1.42. The highest BCUT2D eigenvalue weighted by Crippen LogP contribution is 2.38. The number of rotatable bonds is 10. The molecule has 3 heterocycles. The van der Waals surface area contributed by atoms with Gasteiger partial charge in [-0.2, -0.15) is 0 Å². The molecule has 0 unspecified atom stereocenters. The quantitative estimate of drug-likeness (QED) is 0.289. The number of carboxylic acids is 1. The number of aromatic nitrogens is 1. The Balaban J connectivity index is 1.37. The fourth-order valence-electron chi connectivity index (χ4n) is 4.66. The van der Waals surface area contributed by atoms with Crippen LogP contribution in [0.2, 0.25) is 5.02 Å². The van der Waals surface area contributed by atoms with Gasteiger partial charge in [0.05, 0.1) is 27.8 Å². The van der Waals surface area contributed by atoms with Crippen molar-refractivity contribution in [1.29, 1.82) is 0 Å². The van der Waals surface area contributed by atoms with E-state index >= 15 is 4.39 Å². The number of hydrogen-bond acceptors (Lipinski definition) is 6. The smallest absolute Gasteiger partial charge is 0.308 e. The number of thioether (sulfide) groups is 1. The third-order valence-corrected chi connectivity index (χ3v) is 9.02. The lowest BCUT2D eigenvalue weighted by molar-refractivity contribution is -0.146. The number of halogens is 3. The van der Waals surface area contributed by atoms with E-state index in [1.54, 1.807) is 30.7 Å². The number of carboxylic acid groups (broad SMARTS) is 1. The van der Waals surface area contributed by atoms with Crippen LogP contribution in [0, 0.1) is 17.7 Å². The van der Waals surface area contributed by atoms with Gasteiger partial charge in [0, 0.05) is 36.0 Å². The summed E-state index contributed by atoms with van der Waals surface area (Å²) in [6, 6.07) is 6.72. The Hall–Kier alpha value is -1.94. The van der Waals surface area contributed by atoms with Crippen molar-refractivity contribution < 1.29 is 23.4 Å². The molecule has 0 saturated carbocycles. The lowest BCUT2D eigenvalue weighted by atomic mass is 9.81. The average Bonchev–Trinajstić information content (AvgIpc) is 3.26.